The summed E-state index contributed by atoms with van der Waals surface area (Å²) in [5.41, 5.74) is 0.718. The molecule has 3 aromatic rings. The van der Waals surface area contributed by atoms with Gasteiger partial charge in [-0.05, 0) is 49.2 Å². The van der Waals surface area contributed by atoms with Crippen LogP contribution in [0.2, 0.25) is 0 Å². The maximum atomic E-state index is 12.6. The number of anilines is 1. The molecule has 30 heavy (non-hydrogen) atoms. The number of hydrogen-bond acceptors (Lipinski definition) is 5. The van der Waals surface area contributed by atoms with Gasteiger partial charge in [0.2, 0.25) is 5.91 Å². The number of benzene rings is 2. The average molecular weight is 406 g/mol. The molecule has 4 rings (SSSR count). The van der Waals surface area contributed by atoms with E-state index in [2.05, 4.69) is 5.32 Å². The van der Waals surface area contributed by atoms with Crippen molar-refractivity contribution in [3.63, 3.8) is 0 Å². The first-order valence-electron chi connectivity index (χ1n) is 9.89. The number of carbonyl (C=O) groups is 2. The Morgan fingerprint density at radius 1 is 1.03 bits per heavy atom. The fraction of sp³-hybridized carbons (Fsp3) is 0.261. The number of nitrogens with one attached hydrogen (secondary N) is 1. The highest BCUT2D eigenvalue weighted by molar-refractivity contribution is 5.95. The normalized spacial score (nSPS) is 14.5. The minimum absolute atomic E-state index is 0.00586. The highest BCUT2D eigenvalue weighted by atomic mass is 16.5. The molecule has 0 radical (unpaired) electrons. The monoisotopic (exact) mass is 406 g/mol. The Bertz CT molecular complexity index is 1100. The van der Waals surface area contributed by atoms with Gasteiger partial charge in [-0.2, -0.15) is 0 Å². The smallest absolute Gasteiger partial charge is 0.336 e. The van der Waals surface area contributed by atoms with Crippen LogP contribution in [0.5, 0.6) is 5.75 Å². The van der Waals surface area contributed by atoms with Crippen LogP contribution in [0.3, 0.4) is 0 Å². The Labute approximate surface area is 173 Å². The molecule has 1 saturated heterocycles. The lowest BCUT2D eigenvalue weighted by Crippen LogP contribution is -2.43. The molecular weight excluding hydrogens is 384 g/mol. The molecule has 0 aliphatic carbocycles. The zero-order valence-corrected chi connectivity index (χ0v) is 16.4. The number of carbonyl (C=O) groups excluding carboxylic acids is 2. The van der Waals surface area contributed by atoms with Crippen LogP contribution in [0, 0.1) is 5.92 Å². The van der Waals surface area contributed by atoms with Gasteiger partial charge in [-0.15, -0.1) is 0 Å². The van der Waals surface area contributed by atoms with E-state index in [9.17, 15) is 14.4 Å². The van der Waals surface area contributed by atoms with Crippen molar-refractivity contribution in [2.75, 3.05) is 25.0 Å². The first-order valence-corrected chi connectivity index (χ1v) is 9.89. The summed E-state index contributed by atoms with van der Waals surface area (Å²) >= 11 is 0. The SMILES string of the molecule is O=C(Nc1ccc2oc(=O)ccc2c1)C1CCN(C(=O)COc2ccccc2)CC1. The molecular formula is C23H22N2O5. The number of likely N-dealkylation sites (tertiary alicyclic amines) is 1. The number of rotatable bonds is 5. The Balaban J connectivity index is 1.28. The van der Waals surface area contributed by atoms with Gasteiger partial charge in [-0.3, -0.25) is 9.59 Å². The molecule has 1 aliphatic rings. The largest absolute Gasteiger partial charge is 0.484 e. The molecule has 0 unspecified atom stereocenters. The van der Waals surface area contributed by atoms with Crippen molar-refractivity contribution in [2.24, 2.45) is 5.92 Å². The molecule has 1 aliphatic heterocycles. The van der Waals surface area contributed by atoms with Gasteiger partial charge in [0, 0.05) is 36.1 Å². The molecule has 0 bridgehead atoms. The molecule has 0 saturated carbocycles. The van der Waals surface area contributed by atoms with E-state index in [1.807, 2.05) is 30.3 Å². The topological polar surface area (TPSA) is 88.9 Å². The number of nitrogens with zero attached hydrogens (tertiary/aromatic N) is 1. The van der Waals surface area contributed by atoms with Crippen molar-refractivity contribution in [3.05, 3.63) is 71.1 Å². The van der Waals surface area contributed by atoms with E-state index in [4.69, 9.17) is 9.15 Å². The maximum absolute atomic E-state index is 12.6. The van der Waals surface area contributed by atoms with Gasteiger partial charge in [0.25, 0.3) is 5.91 Å². The van der Waals surface area contributed by atoms with E-state index >= 15 is 0 Å². The van der Waals surface area contributed by atoms with Crippen molar-refractivity contribution in [1.82, 2.24) is 4.90 Å². The summed E-state index contributed by atoms with van der Waals surface area (Å²) in [5.74, 6) is 0.358. The third-order valence-electron chi connectivity index (χ3n) is 5.21. The van der Waals surface area contributed by atoms with Gasteiger partial charge in [0.1, 0.15) is 11.3 Å². The van der Waals surface area contributed by atoms with Crippen LogP contribution >= 0.6 is 0 Å². The molecule has 7 nitrogen and oxygen atoms in total. The van der Waals surface area contributed by atoms with Crippen LogP contribution in [0.25, 0.3) is 11.0 Å². The zero-order chi connectivity index (χ0) is 20.9. The summed E-state index contributed by atoms with van der Waals surface area (Å²) in [6, 6.07) is 17.4. The highest BCUT2D eigenvalue weighted by Crippen LogP contribution is 2.22. The first kappa shape index (κ1) is 19.7. The number of ether oxygens (including phenoxy) is 1. The standard InChI is InChI=1S/C23H22N2O5/c26-21(15-29-19-4-2-1-3-5-19)25-12-10-16(11-13-25)23(28)24-18-7-8-20-17(14-18)6-9-22(27)30-20/h1-9,14,16H,10-13,15H2,(H,24,28). The molecule has 154 valence electrons. The molecule has 2 amide bonds. The first-order chi connectivity index (χ1) is 14.6. The molecule has 2 aromatic carbocycles. The second kappa shape index (κ2) is 8.82. The summed E-state index contributed by atoms with van der Waals surface area (Å²) in [6.07, 6.45) is 1.21. The van der Waals surface area contributed by atoms with E-state index < -0.39 is 5.63 Å². The van der Waals surface area contributed by atoms with E-state index in [1.165, 1.54) is 6.07 Å². The van der Waals surface area contributed by atoms with E-state index in [-0.39, 0.29) is 24.3 Å². The molecule has 1 N–H and O–H groups in total. The second-order valence-electron chi connectivity index (χ2n) is 7.25. The van der Waals surface area contributed by atoms with Crippen molar-refractivity contribution in [1.29, 1.82) is 0 Å². The quantitative estimate of drug-likeness (QED) is 0.658. The van der Waals surface area contributed by atoms with Crippen molar-refractivity contribution >= 4 is 28.5 Å². The zero-order valence-electron chi connectivity index (χ0n) is 16.4. The summed E-state index contributed by atoms with van der Waals surface area (Å²) < 4.78 is 10.6. The van der Waals surface area contributed by atoms with Crippen molar-refractivity contribution < 1.29 is 18.7 Å². The second-order valence-corrected chi connectivity index (χ2v) is 7.25. The van der Waals surface area contributed by atoms with Crippen LogP contribution in [-0.2, 0) is 9.59 Å². The highest BCUT2D eigenvalue weighted by Gasteiger charge is 2.27. The fourth-order valence-electron chi connectivity index (χ4n) is 3.54. The molecule has 1 aromatic heterocycles. The molecule has 1 fully saturated rings. The summed E-state index contributed by atoms with van der Waals surface area (Å²) in [5, 5.41) is 3.66. The van der Waals surface area contributed by atoms with Gasteiger partial charge >= 0.3 is 5.63 Å². The van der Waals surface area contributed by atoms with E-state index in [0.29, 0.717) is 43.0 Å². The minimum atomic E-state index is -0.408. The summed E-state index contributed by atoms with van der Waals surface area (Å²) in [4.78, 5) is 38.0. The van der Waals surface area contributed by atoms with Crippen LogP contribution in [0.1, 0.15) is 12.8 Å². The van der Waals surface area contributed by atoms with Crippen LogP contribution in [0.15, 0.2) is 69.9 Å². The number of piperidine rings is 1. The Morgan fingerprint density at radius 2 is 1.80 bits per heavy atom. The maximum Gasteiger partial charge on any atom is 0.336 e. The number of hydrogen-bond donors (Lipinski definition) is 1. The predicted octanol–water partition coefficient (Wildman–Crippen LogP) is 3.05. The van der Waals surface area contributed by atoms with Gasteiger partial charge < -0.3 is 19.4 Å². The number of para-hydroxylation sites is 1. The lowest BCUT2D eigenvalue weighted by molar-refractivity contribution is -0.136. The third kappa shape index (κ3) is 4.68. The minimum Gasteiger partial charge on any atom is -0.484 e. The Kier molecular flexibility index (Phi) is 5.79. The molecule has 7 heteroatoms. The molecule has 2 heterocycles. The molecule has 0 spiro atoms. The van der Waals surface area contributed by atoms with Gasteiger partial charge in [-0.25, -0.2) is 4.79 Å². The molecule has 0 atom stereocenters. The van der Waals surface area contributed by atoms with E-state index in [1.54, 1.807) is 29.2 Å². The summed E-state index contributed by atoms with van der Waals surface area (Å²) in [7, 11) is 0. The van der Waals surface area contributed by atoms with Gasteiger partial charge in [0.05, 0.1) is 0 Å². The Hall–Kier alpha value is -3.61. The fourth-order valence-corrected chi connectivity index (χ4v) is 3.54. The Morgan fingerprint density at radius 3 is 2.57 bits per heavy atom. The van der Waals surface area contributed by atoms with Crippen molar-refractivity contribution in [2.45, 2.75) is 12.8 Å². The van der Waals surface area contributed by atoms with Crippen LogP contribution in [0.4, 0.5) is 5.69 Å². The predicted molar refractivity (Wildman–Crippen MR) is 112 cm³/mol. The number of fused-ring (bicyclic) bond motifs is 1. The van der Waals surface area contributed by atoms with E-state index in [0.717, 1.165) is 5.39 Å². The van der Waals surface area contributed by atoms with Gasteiger partial charge in [0.15, 0.2) is 6.61 Å². The lowest BCUT2D eigenvalue weighted by Gasteiger charge is -2.31. The third-order valence-corrected chi connectivity index (χ3v) is 5.21. The van der Waals surface area contributed by atoms with Crippen LogP contribution in [-0.4, -0.2) is 36.4 Å². The van der Waals surface area contributed by atoms with Crippen LogP contribution < -0.4 is 15.7 Å². The van der Waals surface area contributed by atoms with Crippen molar-refractivity contribution in [3.8, 4) is 5.75 Å². The summed E-state index contributed by atoms with van der Waals surface area (Å²) in [6.45, 7) is 1.05. The lowest BCUT2D eigenvalue weighted by atomic mass is 9.95. The number of amides is 2. The van der Waals surface area contributed by atoms with Gasteiger partial charge in [-0.1, -0.05) is 18.2 Å². The average Bonchev–Trinajstić information content (AvgIpc) is 2.78.